The van der Waals surface area contributed by atoms with E-state index in [9.17, 15) is 4.79 Å². The van der Waals surface area contributed by atoms with Crippen LogP contribution in [0, 0.1) is 0 Å². The second-order valence-corrected chi connectivity index (χ2v) is 9.28. The maximum atomic E-state index is 13.4. The summed E-state index contributed by atoms with van der Waals surface area (Å²) in [6.45, 7) is 6.58. The number of hydrogen-bond donors (Lipinski definition) is 1. The van der Waals surface area contributed by atoms with Crippen LogP contribution in [0.4, 0.5) is 0 Å². The van der Waals surface area contributed by atoms with Crippen LogP contribution >= 0.6 is 11.3 Å². The zero-order valence-electron chi connectivity index (χ0n) is 16.5. The van der Waals surface area contributed by atoms with Gasteiger partial charge in [-0.05, 0) is 12.1 Å². The number of para-hydroxylation sites is 1. The number of amides is 1. The third kappa shape index (κ3) is 3.04. The minimum atomic E-state index is -0.349. The number of thiazole rings is 1. The fourth-order valence-electron chi connectivity index (χ4n) is 3.61. The lowest BCUT2D eigenvalue weighted by Gasteiger charge is -2.33. The highest BCUT2D eigenvalue weighted by atomic mass is 32.1. The van der Waals surface area contributed by atoms with Gasteiger partial charge in [-0.1, -0.05) is 32.9 Å². The van der Waals surface area contributed by atoms with Gasteiger partial charge in [0.05, 0.1) is 28.4 Å². The normalized spacial score (nSPS) is 16.9. The lowest BCUT2D eigenvalue weighted by atomic mass is 9.97. The summed E-state index contributed by atoms with van der Waals surface area (Å²) in [6.07, 6.45) is 3.92. The number of imidazole rings is 1. The average Bonchev–Trinajstić information content (AvgIpc) is 3.44. The summed E-state index contributed by atoms with van der Waals surface area (Å²) in [5, 5.41) is 0.850. The molecule has 7 nitrogen and oxygen atoms in total. The number of hydrogen-bond acceptors (Lipinski definition) is 6. The molecule has 0 aliphatic carbocycles. The van der Waals surface area contributed by atoms with Crippen molar-refractivity contribution in [3.05, 3.63) is 64.8 Å². The van der Waals surface area contributed by atoms with Crippen LogP contribution in [0.15, 0.2) is 41.2 Å². The van der Waals surface area contributed by atoms with Gasteiger partial charge in [-0.3, -0.25) is 4.79 Å². The third-order valence-corrected chi connectivity index (χ3v) is 6.18. The lowest BCUT2D eigenvalue weighted by molar-refractivity contribution is 0.0654. The zero-order chi connectivity index (χ0) is 20.2. The Bertz CT molecular complexity index is 1170. The Labute approximate surface area is 171 Å². The van der Waals surface area contributed by atoms with E-state index < -0.39 is 0 Å². The van der Waals surface area contributed by atoms with Crippen LogP contribution in [-0.2, 0) is 11.8 Å². The second kappa shape index (κ2) is 6.52. The Balaban J connectivity index is 1.57. The monoisotopic (exact) mass is 407 g/mol. The molecule has 0 spiro atoms. The van der Waals surface area contributed by atoms with E-state index in [0.717, 1.165) is 26.6 Å². The number of oxazole rings is 1. The number of nitrogens with zero attached hydrogens (tertiary/aromatic N) is 4. The van der Waals surface area contributed by atoms with Gasteiger partial charge in [0.1, 0.15) is 11.0 Å². The lowest BCUT2D eigenvalue weighted by Crippen LogP contribution is -2.40. The topological polar surface area (TPSA) is 87.9 Å². The molecular formula is C21H21N5O2S. The molecule has 29 heavy (non-hydrogen) atoms. The second-order valence-electron chi connectivity index (χ2n) is 8.22. The number of nitrogens with one attached hydrogen (secondary N) is 1. The molecule has 1 amide bonds. The van der Waals surface area contributed by atoms with Gasteiger partial charge >= 0.3 is 0 Å². The molecule has 1 atom stereocenters. The number of carbonyl (C=O) groups excluding carboxylic acids is 1. The maximum absolute atomic E-state index is 13.4. The molecule has 0 saturated carbocycles. The molecule has 1 aliphatic heterocycles. The summed E-state index contributed by atoms with van der Waals surface area (Å²) < 4.78 is 6.92. The molecule has 5 rings (SSSR count). The first-order chi connectivity index (χ1) is 13.9. The number of rotatable bonds is 2. The van der Waals surface area contributed by atoms with Crippen LogP contribution in [0.25, 0.3) is 10.2 Å². The first-order valence-corrected chi connectivity index (χ1v) is 10.4. The third-order valence-electron chi connectivity index (χ3n) is 5.09. The molecule has 0 radical (unpaired) electrons. The smallest absolute Gasteiger partial charge is 0.292 e. The van der Waals surface area contributed by atoms with Crippen molar-refractivity contribution in [2.45, 2.75) is 38.6 Å². The van der Waals surface area contributed by atoms with E-state index in [2.05, 4.69) is 15.0 Å². The number of aromatic nitrogens is 4. The molecule has 1 aliphatic rings. The first-order valence-electron chi connectivity index (χ1n) is 9.57. The van der Waals surface area contributed by atoms with Gasteiger partial charge in [0.15, 0.2) is 0 Å². The molecule has 4 aromatic rings. The van der Waals surface area contributed by atoms with E-state index in [1.165, 1.54) is 6.20 Å². The van der Waals surface area contributed by atoms with Crippen molar-refractivity contribution in [2.75, 3.05) is 6.54 Å². The van der Waals surface area contributed by atoms with Gasteiger partial charge in [0, 0.05) is 24.1 Å². The van der Waals surface area contributed by atoms with Crippen molar-refractivity contribution in [3.63, 3.8) is 0 Å². The van der Waals surface area contributed by atoms with Crippen molar-refractivity contribution >= 4 is 27.5 Å². The summed E-state index contributed by atoms with van der Waals surface area (Å²) >= 11 is 1.59. The minimum Gasteiger partial charge on any atom is -0.435 e. The first kappa shape index (κ1) is 18.1. The van der Waals surface area contributed by atoms with E-state index in [1.54, 1.807) is 22.6 Å². The Kier molecular flexibility index (Phi) is 4.06. The fraction of sp³-hybridized carbons (Fsp3) is 0.333. The molecule has 1 aromatic carbocycles. The van der Waals surface area contributed by atoms with E-state index >= 15 is 0 Å². The summed E-state index contributed by atoms with van der Waals surface area (Å²) in [6, 6.07) is 7.65. The van der Waals surface area contributed by atoms with Gasteiger partial charge < -0.3 is 14.3 Å². The predicted octanol–water partition coefficient (Wildman–Crippen LogP) is 4.09. The zero-order valence-corrected chi connectivity index (χ0v) is 17.3. The molecule has 0 unspecified atom stereocenters. The van der Waals surface area contributed by atoms with Crippen molar-refractivity contribution in [1.82, 2.24) is 24.8 Å². The summed E-state index contributed by atoms with van der Waals surface area (Å²) in [4.78, 5) is 32.1. The molecule has 0 fully saturated rings. The minimum absolute atomic E-state index is 0.189. The highest BCUT2D eigenvalue weighted by molar-refractivity contribution is 7.18. The van der Waals surface area contributed by atoms with Gasteiger partial charge in [-0.2, -0.15) is 0 Å². The molecule has 3 aromatic heterocycles. The SMILES string of the molecule is CC(C)(C)c1ncc(C(=O)N2CCc3[nH]cnc3[C@H]2c2nc3ccccc3s2)o1. The average molecular weight is 407 g/mol. The van der Waals surface area contributed by atoms with E-state index in [1.807, 2.05) is 45.0 Å². The Morgan fingerprint density at radius 3 is 2.86 bits per heavy atom. The number of fused-ring (bicyclic) bond motifs is 2. The standard InChI is InChI=1S/C21H21N5O2S/c1-21(2,3)20-22-10-14(28-20)19(27)26-9-8-13-16(24-11-23-13)17(26)18-25-12-6-4-5-7-15(12)29-18/h4-7,10-11,17H,8-9H2,1-3H3,(H,23,24)/t17-/m0/s1. The summed E-state index contributed by atoms with van der Waals surface area (Å²) in [7, 11) is 0. The van der Waals surface area contributed by atoms with Crippen molar-refractivity contribution < 1.29 is 9.21 Å². The molecular weight excluding hydrogens is 386 g/mol. The maximum Gasteiger partial charge on any atom is 0.292 e. The van der Waals surface area contributed by atoms with Gasteiger partial charge in [0.2, 0.25) is 11.7 Å². The number of aromatic amines is 1. The molecule has 0 saturated heterocycles. The van der Waals surface area contributed by atoms with Gasteiger partial charge in [-0.15, -0.1) is 11.3 Å². The Morgan fingerprint density at radius 1 is 1.28 bits per heavy atom. The molecule has 148 valence electrons. The van der Waals surface area contributed by atoms with Crippen LogP contribution in [0.1, 0.15) is 59.7 Å². The van der Waals surface area contributed by atoms with Crippen LogP contribution in [-0.4, -0.2) is 37.3 Å². The van der Waals surface area contributed by atoms with Crippen LogP contribution in [0.2, 0.25) is 0 Å². The van der Waals surface area contributed by atoms with E-state index in [0.29, 0.717) is 18.9 Å². The van der Waals surface area contributed by atoms with E-state index in [-0.39, 0.29) is 23.1 Å². The molecule has 4 heterocycles. The summed E-state index contributed by atoms with van der Waals surface area (Å²) in [5.74, 6) is 0.612. The molecule has 0 bridgehead atoms. The van der Waals surface area contributed by atoms with Gasteiger partial charge in [0.25, 0.3) is 5.91 Å². The molecule has 8 heteroatoms. The van der Waals surface area contributed by atoms with Crippen molar-refractivity contribution in [3.8, 4) is 0 Å². The number of carbonyl (C=O) groups is 1. The predicted molar refractivity (Wildman–Crippen MR) is 110 cm³/mol. The van der Waals surface area contributed by atoms with Crippen molar-refractivity contribution in [1.29, 1.82) is 0 Å². The van der Waals surface area contributed by atoms with Crippen LogP contribution in [0.3, 0.4) is 0 Å². The summed E-state index contributed by atoms with van der Waals surface area (Å²) in [5.41, 5.74) is 2.56. The Hall–Kier alpha value is -3.00. The largest absolute Gasteiger partial charge is 0.435 e. The van der Waals surface area contributed by atoms with Gasteiger partial charge in [-0.25, -0.2) is 15.0 Å². The molecule has 1 N–H and O–H groups in total. The number of benzene rings is 1. The van der Waals surface area contributed by atoms with Crippen LogP contribution < -0.4 is 0 Å². The van der Waals surface area contributed by atoms with Crippen molar-refractivity contribution in [2.24, 2.45) is 0 Å². The highest BCUT2D eigenvalue weighted by Gasteiger charge is 2.38. The van der Waals surface area contributed by atoms with E-state index in [4.69, 9.17) is 9.40 Å². The Morgan fingerprint density at radius 2 is 2.10 bits per heavy atom. The highest BCUT2D eigenvalue weighted by Crippen LogP contribution is 2.38. The fourth-order valence-corrected chi connectivity index (χ4v) is 4.70. The number of H-pyrrole nitrogens is 1. The van der Waals surface area contributed by atoms with Crippen LogP contribution in [0.5, 0.6) is 0 Å². The quantitative estimate of drug-likeness (QED) is 0.541.